The highest BCUT2D eigenvalue weighted by Crippen LogP contribution is 2.24. The number of benzene rings is 1. The minimum atomic E-state index is -3.42. The van der Waals surface area contributed by atoms with E-state index >= 15 is 0 Å². The molecule has 0 radical (unpaired) electrons. The lowest BCUT2D eigenvalue weighted by Crippen LogP contribution is -2.49. The Kier molecular flexibility index (Phi) is 5.25. The summed E-state index contributed by atoms with van der Waals surface area (Å²) in [7, 11) is -3.42. The van der Waals surface area contributed by atoms with E-state index in [1.165, 1.54) is 10.6 Å². The van der Waals surface area contributed by atoms with Gasteiger partial charge in [-0.25, -0.2) is 8.42 Å². The van der Waals surface area contributed by atoms with E-state index in [-0.39, 0.29) is 11.8 Å². The maximum atomic E-state index is 12.5. The molecule has 1 aliphatic heterocycles. The van der Waals surface area contributed by atoms with Gasteiger partial charge in [0.05, 0.1) is 11.7 Å². The molecule has 2 aromatic heterocycles. The van der Waals surface area contributed by atoms with E-state index in [0.29, 0.717) is 43.6 Å². The number of sulfonamides is 1. The van der Waals surface area contributed by atoms with Crippen LogP contribution in [-0.4, -0.2) is 59.1 Å². The molecule has 0 saturated carbocycles. The van der Waals surface area contributed by atoms with Gasteiger partial charge in [-0.15, -0.1) is 0 Å². The highest BCUT2D eigenvalue weighted by Gasteiger charge is 2.31. The fraction of sp³-hybridized carbons (Fsp3) is 0.389. The predicted molar refractivity (Wildman–Crippen MR) is 100 cm³/mol. The molecule has 1 saturated heterocycles. The van der Waals surface area contributed by atoms with Gasteiger partial charge in [-0.05, 0) is 19.1 Å². The Morgan fingerprint density at radius 3 is 2.50 bits per heavy atom. The summed E-state index contributed by atoms with van der Waals surface area (Å²) >= 11 is 0. The number of nitrogens with zero attached hydrogens (tertiary/aromatic N) is 5. The van der Waals surface area contributed by atoms with Crippen molar-refractivity contribution in [2.75, 3.05) is 26.2 Å². The first-order chi connectivity index (χ1) is 13.5. The molecule has 0 bridgehead atoms. The quantitative estimate of drug-likeness (QED) is 0.615. The fourth-order valence-electron chi connectivity index (χ4n) is 3.23. The van der Waals surface area contributed by atoms with E-state index in [4.69, 9.17) is 9.05 Å². The zero-order valence-corrected chi connectivity index (χ0v) is 16.2. The zero-order chi connectivity index (χ0) is 19.6. The third kappa shape index (κ3) is 3.98. The molecule has 10 heteroatoms. The van der Waals surface area contributed by atoms with Gasteiger partial charge in [-0.2, -0.15) is 9.29 Å². The van der Waals surface area contributed by atoms with Crippen molar-refractivity contribution in [2.45, 2.75) is 18.7 Å². The van der Waals surface area contributed by atoms with Gasteiger partial charge in [-0.1, -0.05) is 28.5 Å². The Bertz CT molecular complexity index is 996. The van der Waals surface area contributed by atoms with Crippen molar-refractivity contribution in [3.63, 3.8) is 0 Å². The Balaban J connectivity index is 1.38. The molecule has 148 valence electrons. The molecule has 1 fully saturated rings. The van der Waals surface area contributed by atoms with Crippen LogP contribution in [-0.2, 0) is 15.8 Å². The van der Waals surface area contributed by atoms with Crippen LogP contribution in [0.5, 0.6) is 0 Å². The van der Waals surface area contributed by atoms with Crippen LogP contribution in [0.4, 0.5) is 0 Å². The number of rotatable bonds is 6. The highest BCUT2D eigenvalue weighted by atomic mass is 32.2. The third-order valence-electron chi connectivity index (χ3n) is 4.87. The van der Waals surface area contributed by atoms with Gasteiger partial charge in [0.25, 0.3) is 5.89 Å². The second kappa shape index (κ2) is 7.82. The second-order valence-electron chi connectivity index (χ2n) is 6.68. The Hall–Kier alpha value is -2.56. The van der Waals surface area contributed by atoms with Gasteiger partial charge in [-0.3, -0.25) is 4.90 Å². The van der Waals surface area contributed by atoms with E-state index in [9.17, 15) is 8.42 Å². The molecule has 1 aliphatic rings. The average molecular weight is 403 g/mol. The van der Waals surface area contributed by atoms with Gasteiger partial charge < -0.3 is 9.05 Å². The first kappa shape index (κ1) is 18.8. The number of hydrogen-bond donors (Lipinski definition) is 0. The van der Waals surface area contributed by atoms with Crippen molar-refractivity contribution in [1.82, 2.24) is 24.5 Å². The molecule has 0 amide bonds. The molecular weight excluding hydrogens is 382 g/mol. The summed E-state index contributed by atoms with van der Waals surface area (Å²) in [6.07, 6.45) is 1.37. The molecular formula is C18H21N5O4S. The first-order valence-electron chi connectivity index (χ1n) is 9.03. The Morgan fingerprint density at radius 2 is 1.82 bits per heavy atom. The van der Waals surface area contributed by atoms with Gasteiger partial charge >= 0.3 is 0 Å². The smallest absolute Gasteiger partial charge is 0.257 e. The number of piperazine rings is 1. The van der Waals surface area contributed by atoms with Crippen LogP contribution < -0.4 is 0 Å². The minimum Gasteiger partial charge on any atom is -0.364 e. The van der Waals surface area contributed by atoms with Crippen LogP contribution in [0.2, 0.25) is 0 Å². The molecule has 3 aromatic rings. The third-order valence-corrected chi connectivity index (χ3v) is 6.68. The summed E-state index contributed by atoms with van der Waals surface area (Å²) in [6.45, 7) is 4.00. The summed E-state index contributed by atoms with van der Waals surface area (Å²) < 4.78 is 36.7. The zero-order valence-electron chi connectivity index (χ0n) is 15.4. The molecule has 9 nitrogen and oxygen atoms in total. The van der Waals surface area contributed by atoms with Gasteiger partial charge in [0.15, 0.2) is 5.82 Å². The lowest BCUT2D eigenvalue weighted by Gasteiger charge is -2.36. The first-order valence-corrected chi connectivity index (χ1v) is 10.6. The fourth-order valence-corrected chi connectivity index (χ4v) is 4.65. The van der Waals surface area contributed by atoms with Crippen molar-refractivity contribution in [3.05, 3.63) is 54.2 Å². The SMILES string of the molecule is C[C@@H](c1noc(-c2ccccc2)n1)N1CCN(S(=O)(=O)Cc2ccon2)CC1. The molecule has 0 N–H and O–H groups in total. The maximum Gasteiger partial charge on any atom is 0.257 e. The van der Waals surface area contributed by atoms with E-state index in [1.807, 2.05) is 37.3 Å². The summed E-state index contributed by atoms with van der Waals surface area (Å²) in [4.78, 5) is 6.66. The standard InChI is InChI=1S/C18H21N5O4S/c1-14(17-19-18(27-21-17)15-5-3-2-4-6-15)22-8-10-23(11-9-22)28(24,25)13-16-7-12-26-20-16/h2-7,12,14H,8-11,13H2,1H3/t14-/m0/s1. The molecule has 0 spiro atoms. The summed E-state index contributed by atoms with van der Waals surface area (Å²) in [5.74, 6) is 0.929. The van der Waals surface area contributed by atoms with Crippen LogP contribution in [0.1, 0.15) is 24.5 Å². The largest absolute Gasteiger partial charge is 0.364 e. The summed E-state index contributed by atoms with van der Waals surface area (Å²) in [6, 6.07) is 11.1. The predicted octanol–water partition coefficient (Wildman–Crippen LogP) is 1.93. The van der Waals surface area contributed by atoms with Gasteiger partial charge in [0.2, 0.25) is 10.0 Å². The van der Waals surface area contributed by atoms with Gasteiger partial charge in [0.1, 0.15) is 12.0 Å². The lowest BCUT2D eigenvalue weighted by atomic mass is 10.2. The van der Waals surface area contributed by atoms with Crippen LogP contribution in [0.3, 0.4) is 0 Å². The van der Waals surface area contributed by atoms with Crippen LogP contribution in [0.25, 0.3) is 11.5 Å². The second-order valence-corrected chi connectivity index (χ2v) is 8.65. The van der Waals surface area contributed by atoms with Crippen LogP contribution in [0, 0.1) is 0 Å². The van der Waals surface area contributed by atoms with E-state index < -0.39 is 10.0 Å². The van der Waals surface area contributed by atoms with Crippen molar-refractivity contribution in [1.29, 1.82) is 0 Å². The molecule has 0 unspecified atom stereocenters. The van der Waals surface area contributed by atoms with Crippen molar-refractivity contribution in [2.24, 2.45) is 0 Å². The molecule has 1 atom stereocenters. The van der Waals surface area contributed by atoms with E-state index in [0.717, 1.165) is 5.56 Å². The van der Waals surface area contributed by atoms with E-state index in [1.54, 1.807) is 6.07 Å². The van der Waals surface area contributed by atoms with Gasteiger partial charge in [0, 0.05) is 37.8 Å². The molecule has 28 heavy (non-hydrogen) atoms. The molecule has 1 aromatic carbocycles. The maximum absolute atomic E-state index is 12.5. The summed E-state index contributed by atoms with van der Waals surface area (Å²) in [5, 5.41) is 7.80. The number of hydrogen-bond acceptors (Lipinski definition) is 8. The Morgan fingerprint density at radius 1 is 1.07 bits per heavy atom. The average Bonchev–Trinajstić information content (AvgIpc) is 3.40. The molecule has 4 rings (SSSR count). The van der Waals surface area contributed by atoms with Crippen molar-refractivity contribution in [3.8, 4) is 11.5 Å². The molecule has 3 heterocycles. The molecule has 0 aliphatic carbocycles. The van der Waals surface area contributed by atoms with Crippen LogP contribution >= 0.6 is 0 Å². The lowest BCUT2D eigenvalue weighted by molar-refractivity contribution is 0.139. The van der Waals surface area contributed by atoms with E-state index in [2.05, 4.69) is 20.2 Å². The normalized spacial score (nSPS) is 17.6. The van der Waals surface area contributed by atoms with Crippen LogP contribution in [0.15, 0.2) is 51.7 Å². The highest BCUT2D eigenvalue weighted by molar-refractivity contribution is 7.88. The van der Waals surface area contributed by atoms with Crippen molar-refractivity contribution >= 4 is 10.0 Å². The minimum absolute atomic E-state index is 0.0680. The van der Waals surface area contributed by atoms with Crippen molar-refractivity contribution < 1.29 is 17.5 Å². The topological polar surface area (TPSA) is 106 Å². The Labute approximate surface area is 163 Å². The number of aromatic nitrogens is 3. The monoisotopic (exact) mass is 403 g/mol. The summed E-state index contributed by atoms with van der Waals surface area (Å²) in [5.41, 5.74) is 1.29.